The van der Waals surface area contributed by atoms with Crippen LogP contribution in [0.3, 0.4) is 0 Å². The van der Waals surface area contributed by atoms with Crippen LogP contribution in [0.2, 0.25) is 5.02 Å². The van der Waals surface area contributed by atoms with Gasteiger partial charge in [-0.1, -0.05) is 18.5 Å². The van der Waals surface area contributed by atoms with E-state index in [1.54, 1.807) is 24.0 Å². The van der Waals surface area contributed by atoms with Crippen LogP contribution in [0.1, 0.15) is 41.6 Å². The van der Waals surface area contributed by atoms with Crippen molar-refractivity contribution in [3.05, 3.63) is 46.6 Å². The summed E-state index contributed by atoms with van der Waals surface area (Å²) in [7, 11) is 0. The number of ether oxygens (including phenoxy) is 1. The molecule has 0 spiro atoms. The molecule has 3 heterocycles. The van der Waals surface area contributed by atoms with Crippen molar-refractivity contribution < 1.29 is 22.7 Å². The highest BCUT2D eigenvalue weighted by molar-refractivity contribution is 6.33. The van der Waals surface area contributed by atoms with E-state index in [1.807, 2.05) is 0 Å². The van der Waals surface area contributed by atoms with Gasteiger partial charge in [0.1, 0.15) is 12.3 Å². The summed E-state index contributed by atoms with van der Waals surface area (Å²) in [5.74, 6) is 0.0420. The van der Waals surface area contributed by atoms with Crippen molar-refractivity contribution in [3.8, 4) is 5.88 Å². The molecule has 2 aromatic heterocycles. The number of pyridine rings is 1. The van der Waals surface area contributed by atoms with Crippen molar-refractivity contribution in [3.63, 3.8) is 0 Å². The number of hydrogen-bond acceptors (Lipinski definition) is 5. The van der Waals surface area contributed by atoms with Crippen molar-refractivity contribution in [1.82, 2.24) is 19.9 Å². The zero-order chi connectivity index (χ0) is 21.2. The number of piperidine rings is 1. The largest absolute Gasteiger partial charge is 0.474 e. The molecule has 1 fully saturated rings. The van der Waals surface area contributed by atoms with Crippen LogP contribution >= 0.6 is 11.6 Å². The van der Waals surface area contributed by atoms with E-state index in [9.17, 15) is 18.0 Å². The number of hydrogen-bond donors (Lipinski definition) is 0. The molecule has 2 aromatic rings. The molecule has 0 aliphatic carbocycles. The molecule has 2 atom stereocenters. The Morgan fingerprint density at radius 3 is 2.72 bits per heavy atom. The predicted molar refractivity (Wildman–Crippen MR) is 99.7 cm³/mol. The van der Waals surface area contributed by atoms with E-state index < -0.39 is 11.9 Å². The summed E-state index contributed by atoms with van der Waals surface area (Å²) in [6.45, 7) is 4.44. The summed E-state index contributed by atoms with van der Waals surface area (Å²) in [4.78, 5) is 25.9. The smallest absolute Gasteiger partial charge is 0.434 e. The fraction of sp³-hybridized carbons (Fsp3) is 0.474. The number of nitrogens with zero attached hydrogens (tertiary/aromatic N) is 4. The highest BCUT2D eigenvalue weighted by Gasteiger charge is 2.34. The first-order valence-electron chi connectivity index (χ1n) is 9.11. The van der Waals surface area contributed by atoms with Gasteiger partial charge in [0.15, 0.2) is 5.69 Å². The van der Waals surface area contributed by atoms with Crippen LogP contribution in [0.15, 0.2) is 24.5 Å². The lowest BCUT2D eigenvalue weighted by molar-refractivity contribution is -0.141. The second-order valence-corrected chi connectivity index (χ2v) is 7.52. The Balaban J connectivity index is 1.73. The highest BCUT2D eigenvalue weighted by Crippen LogP contribution is 2.28. The van der Waals surface area contributed by atoms with Gasteiger partial charge in [-0.05, 0) is 37.8 Å². The van der Waals surface area contributed by atoms with Gasteiger partial charge in [0.2, 0.25) is 5.88 Å². The fourth-order valence-electron chi connectivity index (χ4n) is 3.22. The summed E-state index contributed by atoms with van der Waals surface area (Å²) in [5.41, 5.74) is -0.232. The minimum atomic E-state index is -4.56. The number of amides is 1. The average Bonchev–Trinajstić information content (AvgIpc) is 2.67. The third-order valence-corrected chi connectivity index (χ3v) is 5.07. The molecule has 10 heteroatoms. The first-order chi connectivity index (χ1) is 13.6. The van der Waals surface area contributed by atoms with Crippen molar-refractivity contribution in [1.29, 1.82) is 0 Å². The van der Waals surface area contributed by atoms with E-state index in [0.29, 0.717) is 30.8 Å². The molecule has 156 valence electrons. The van der Waals surface area contributed by atoms with E-state index >= 15 is 0 Å². The molecular weight excluding hydrogens is 409 g/mol. The zero-order valence-corrected chi connectivity index (χ0v) is 16.7. The molecule has 2 unspecified atom stereocenters. The van der Waals surface area contributed by atoms with E-state index in [0.717, 1.165) is 12.6 Å². The molecule has 0 N–H and O–H groups in total. The summed E-state index contributed by atoms with van der Waals surface area (Å²) in [5, 5.41) is 0.271. The van der Waals surface area contributed by atoms with Crippen molar-refractivity contribution in [2.45, 2.75) is 38.9 Å². The van der Waals surface area contributed by atoms with Gasteiger partial charge in [0, 0.05) is 12.2 Å². The Kier molecular flexibility index (Phi) is 6.26. The lowest BCUT2D eigenvalue weighted by atomic mass is 9.92. The van der Waals surface area contributed by atoms with E-state index in [4.69, 9.17) is 16.3 Å². The standard InChI is InChI=1S/C19H20ClF3N4O2/c1-11-5-6-27(18(28)17-14(20)4-3-12(2)26-17)13(7-11)10-29-16-9-24-15(8-25-16)19(21,22)23/h3-4,8-9,11,13H,5-7,10H2,1-2H3. The van der Waals surface area contributed by atoms with E-state index in [2.05, 4.69) is 21.9 Å². The van der Waals surface area contributed by atoms with Gasteiger partial charge in [-0.2, -0.15) is 13.2 Å². The minimum absolute atomic E-state index is 0.0321. The van der Waals surface area contributed by atoms with Gasteiger partial charge in [0.25, 0.3) is 5.91 Å². The average molecular weight is 429 g/mol. The fourth-order valence-corrected chi connectivity index (χ4v) is 3.41. The molecule has 1 aliphatic heterocycles. The quantitative estimate of drug-likeness (QED) is 0.731. The third kappa shape index (κ3) is 5.14. The van der Waals surface area contributed by atoms with E-state index in [1.165, 1.54) is 0 Å². The van der Waals surface area contributed by atoms with E-state index in [-0.39, 0.29) is 35.2 Å². The summed E-state index contributed by atoms with van der Waals surface area (Å²) < 4.78 is 43.3. The number of alkyl halides is 3. The first kappa shape index (κ1) is 21.3. The van der Waals surface area contributed by atoms with Crippen LogP contribution in [-0.4, -0.2) is 45.0 Å². The van der Waals surface area contributed by atoms with Gasteiger partial charge in [0.05, 0.1) is 23.5 Å². The Morgan fingerprint density at radius 2 is 2.07 bits per heavy atom. The van der Waals surface area contributed by atoms with Gasteiger partial charge in [-0.15, -0.1) is 0 Å². The summed E-state index contributed by atoms with van der Waals surface area (Å²) in [6.07, 6.45) is -1.50. The predicted octanol–water partition coefficient (Wildman–Crippen LogP) is 4.17. The first-order valence-corrected chi connectivity index (χ1v) is 9.49. The molecule has 1 amide bonds. The van der Waals surface area contributed by atoms with Crippen LogP contribution in [0, 0.1) is 12.8 Å². The maximum Gasteiger partial charge on any atom is 0.434 e. The maximum atomic E-state index is 13.0. The molecule has 29 heavy (non-hydrogen) atoms. The van der Waals surface area contributed by atoms with Gasteiger partial charge < -0.3 is 9.64 Å². The number of likely N-dealkylation sites (tertiary alicyclic amines) is 1. The SMILES string of the molecule is Cc1ccc(Cl)c(C(=O)N2CCC(C)CC2COc2cnc(C(F)(F)F)cn2)n1. The third-order valence-electron chi connectivity index (χ3n) is 4.77. The Labute approximate surface area is 171 Å². The maximum absolute atomic E-state index is 13.0. The van der Waals surface area contributed by atoms with Crippen LogP contribution in [0.25, 0.3) is 0 Å². The second kappa shape index (κ2) is 8.52. The zero-order valence-electron chi connectivity index (χ0n) is 15.9. The van der Waals surface area contributed by atoms with Gasteiger partial charge >= 0.3 is 6.18 Å². The molecule has 0 radical (unpaired) electrons. The molecule has 0 aromatic carbocycles. The summed E-state index contributed by atoms with van der Waals surface area (Å²) in [6, 6.07) is 3.07. The van der Waals surface area contributed by atoms with Gasteiger partial charge in [-0.25, -0.2) is 15.0 Å². The molecule has 1 aliphatic rings. The van der Waals surface area contributed by atoms with Crippen molar-refractivity contribution >= 4 is 17.5 Å². The normalized spacial score (nSPS) is 19.9. The monoisotopic (exact) mass is 428 g/mol. The Bertz CT molecular complexity index is 877. The number of aromatic nitrogens is 3. The minimum Gasteiger partial charge on any atom is -0.474 e. The second-order valence-electron chi connectivity index (χ2n) is 7.11. The van der Waals surface area contributed by atoms with Crippen LogP contribution in [0.4, 0.5) is 13.2 Å². The number of carbonyl (C=O) groups excluding carboxylic acids is 1. The Hall–Kier alpha value is -2.42. The number of halogens is 4. The number of rotatable bonds is 4. The van der Waals surface area contributed by atoms with Crippen LogP contribution < -0.4 is 4.74 Å². The molecule has 6 nitrogen and oxygen atoms in total. The van der Waals surface area contributed by atoms with Crippen molar-refractivity contribution in [2.75, 3.05) is 13.2 Å². The molecule has 0 bridgehead atoms. The molecular formula is C19H20ClF3N4O2. The topological polar surface area (TPSA) is 68.2 Å². The summed E-state index contributed by atoms with van der Waals surface area (Å²) >= 11 is 6.16. The van der Waals surface area contributed by atoms with Crippen molar-refractivity contribution in [2.24, 2.45) is 5.92 Å². The van der Waals surface area contributed by atoms with Crippen LogP contribution in [0.5, 0.6) is 5.88 Å². The number of carbonyl (C=O) groups is 1. The molecule has 1 saturated heterocycles. The van der Waals surface area contributed by atoms with Gasteiger partial charge in [-0.3, -0.25) is 4.79 Å². The lowest BCUT2D eigenvalue weighted by Gasteiger charge is -2.38. The lowest BCUT2D eigenvalue weighted by Crippen LogP contribution is -2.49. The molecule has 0 saturated carbocycles. The van der Waals surface area contributed by atoms with Crippen LogP contribution in [-0.2, 0) is 6.18 Å². The number of aryl methyl sites for hydroxylation is 1. The highest BCUT2D eigenvalue weighted by atomic mass is 35.5. The molecule has 3 rings (SSSR count). The Morgan fingerprint density at radius 1 is 1.31 bits per heavy atom.